The Labute approximate surface area is 331 Å². The highest BCUT2D eigenvalue weighted by molar-refractivity contribution is 6.25. The van der Waals surface area contributed by atoms with Crippen molar-refractivity contribution in [2.24, 2.45) is 0 Å². The molecule has 0 saturated carbocycles. The average molecular weight is 731 g/mol. The SMILES string of the molecule is CC1(C)c2ccccc2-c2cc3c(N(c4ccccc4)c4cncc5ccccc45)c4ccccc4c(N(c4ccccc4)c4cncc5ccccc45)c3cc21. The van der Waals surface area contributed by atoms with Crippen molar-refractivity contribution in [1.29, 1.82) is 0 Å². The first kappa shape index (κ1) is 33.1. The normalized spacial score (nSPS) is 12.9. The molecule has 0 fully saturated rings. The van der Waals surface area contributed by atoms with E-state index in [1.807, 2.05) is 24.8 Å². The van der Waals surface area contributed by atoms with Crippen LogP contribution >= 0.6 is 0 Å². The van der Waals surface area contributed by atoms with Crippen LogP contribution in [0, 0.1) is 0 Å². The summed E-state index contributed by atoms with van der Waals surface area (Å²) >= 11 is 0. The van der Waals surface area contributed by atoms with Crippen LogP contribution in [0.3, 0.4) is 0 Å². The third-order valence-corrected chi connectivity index (χ3v) is 11.9. The highest BCUT2D eigenvalue weighted by Gasteiger charge is 2.37. The number of para-hydroxylation sites is 2. The molecule has 0 bridgehead atoms. The third kappa shape index (κ3) is 5.07. The zero-order valence-electron chi connectivity index (χ0n) is 31.8. The van der Waals surface area contributed by atoms with E-state index in [9.17, 15) is 0 Å². The van der Waals surface area contributed by atoms with Crippen LogP contribution in [0.25, 0.3) is 54.2 Å². The molecule has 1 aliphatic rings. The van der Waals surface area contributed by atoms with Gasteiger partial charge in [-0.05, 0) is 58.7 Å². The Morgan fingerprint density at radius 1 is 0.368 bits per heavy atom. The first-order valence-corrected chi connectivity index (χ1v) is 19.6. The van der Waals surface area contributed by atoms with Crippen LogP contribution in [0.2, 0.25) is 0 Å². The van der Waals surface area contributed by atoms with Crippen LogP contribution < -0.4 is 9.80 Å². The van der Waals surface area contributed by atoms with E-state index in [2.05, 4.69) is 194 Å². The average Bonchev–Trinajstić information content (AvgIpc) is 3.49. The van der Waals surface area contributed by atoms with Gasteiger partial charge in [-0.25, -0.2) is 0 Å². The summed E-state index contributed by atoms with van der Waals surface area (Å²) in [7, 11) is 0. The number of fused-ring (bicyclic) bond motifs is 7. The molecule has 57 heavy (non-hydrogen) atoms. The summed E-state index contributed by atoms with van der Waals surface area (Å²) in [4.78, 5) is 14.6. The van der Waals surface area contributed by atoms with Crippen molar-refractivity contribution in [3.63, 3.8) is 0 Å². The summed E-state index contributed by atoms with van der Waals surface area (Å²) < 4.78 is 0. The lowest BCUT2D eigenvalue weighted by Crippen LogP contribution is -2.17. The number of hydrogen-bond acceptors (Lipinski definition) is 4. The van der Waals surface area contributed by atoms with E-state index in [-0.39, 0.29) is 5.41 Å². The Morgan fingerprint density at radius 3 is 1.35 bits per heavy atom. The van der Waals surface area contributed by atoms with Gasteiger partial charge in [0.2, 0.25) is 0 Å². The summed E-state index contributed by atoms with van der Waals surface area (Å²) in [5.74, 6) is 0. The second-order valence-corrected chi connectivity index (χ2v) is 15.5. The fraction of sp³-hybridized carbons (Fsp3) is 0.0566. The molecular weight excluding hydrogens is 693 g/mol. The van der Waals surface area contributed by atoms with Gasteiger partial charge in [-0.2, -0.15) is 0 Å². The highest BCUT2D eigenvalue weighted by Crippen LogP contribution is 2.56. The van der Waals surface area contributed by atoms with Crippen molar-refractivity contribution in [2.45, 2.75) is 19.3 Å². The summed E-state index contributed by atoms with van der Waals surface area (Å²) in [6.45, 7) is 4.74. The zero-order valence-corrected chi connectivity index (χ0v) is 31.8. The molecule has 0 spiro atoms. The van der Waals surface area contributed by atoms with Gasteiger partial charge in [-0.15, -0.1) is 0 Å². The number of rotatable bonds is 6. The molecule has 0 atom stereocenters. The van der Waals surface area contributed by atoms with E-state index >= 15 is 0 Å². The fourth-order valence-electron chi connectivity index (χ4n) is 9.30. The Hall–Kier alpha value is -7.30. The fourth-order valence-corrected chi connectivity index (χ4v) is 9.30. The Bertz CT molecular complexity index is 3160. The summed E-state index contributed by atoms with van der Waals surface area (Å²) in [6.07, 6.45) is 7.97. The van der Waals surface area contributed by atoms with Crippen LogP contribution in [0.5, 0.6) is 0 Å². The van der Waals surface area contributed by atoms with E-state index < -0.39 is 0 Å². The van der Waals surface area contributed by atoms with Crippen LogP contribution in [-0.2, 0) is 5.41 Å². The number of benzene rings is 8. The molecule has 8 aromatic carbocycles. The van der Waals surface area contributed by atoms with Gasteiger partial charge in [-0.1, -0.05) is 147 Å². The molecule has 0 radical (unpaired) electrons. The largest absolute Gasteiger partial charge is 0.307 e. The number of pyridine rings is 2. The predicted molar refractivity (Wildman–Crippen MR) is 239 cm³/mol. The van der Waals surface area contributed by atoms with E-state index in [4.69, 9.17) is 9.97 Å². The maximum atomic E-state index is 4.85. The second-order valence-electron chi connectivity index (χ2n) is 15.5. The summed E-state index contributed by atoms with van der Waals surface area (Å²) in [5.41, 5.74) is 11.4. The molecule has 11 rings (SSSR count). The lowest BCUT2D eigenvalue weighted by molar-refractivity contribution is 0.661. The lowest BCUT2D eigenvalue weighted by Gasteiger charge is -2.34. The van der Waals surface area contributed by atoms with Crippen molar-refractivity contribution in [3.8, 4) is 11.1 Å². The smallest absolute Gasteiger partial charge is 0.0723 e. The van der Waals surface area contributed by atoms with Gasteiger partial charge in [0.05, 0.1) is 35.1 Å². The second kappa shape index (κ2) is 12.9. The highest BCUT2D eigenvalue weighted by atomic mass is 15.2. The van der Waals surface area contributed by atoms with Gasteiger partial charge in [0.25, 0.3) is 0 Å². The maximum absolute atomic E-state index is 4.85. The molecule has 0 amide bonds. The van der Waals surface area contributed by atoms with E-state index in [0.717, 1.165) is 77.2 Å². The quantitative estimate of drug-likeness (QED) is 0.126. The minimum absolute atomic E-state index is 0.208. The molecule has 2 heterocycles. The number of nitrogens with zero attached hydrogens (tertiary/aromatic N) is 4. The minimum Gasteiger partial charge on any atom is -0.307 e. The molecular formula is C53H38N4. The predicted octanol–water partition coefficient (Wildman–Crippen LogP) is 14.3. The van der Waals surface area contributed by atoms with Gasteiger partial charge in [0.1, 0.15) is 0 Å². The maximum Gasteiger partial charge on any atom is 0.0723 e. The van der Waals surface area contributed by atoms with Gasteiger partial charge in [-0.3, -0.25) is 9.97 Å². The van der Waals surface area contributed by atoms with Crippen LogP contribution in [0.15, 0.2) is 195 Å². The standard InChI is InChI=1S/C53H38N4/c1-53(2)47-28-16-15-25-41(47)44-29-45-46(30-48(44)53)52(57(38-21-7-4-8-22-38)50-34-55-32-36-18-10-12-24-40(36)50)43-27-14-13-26-42(43)51(45)56(37-19-5-3-6-20-37)49-33-54-31-35-17-9-11-23-39(35)49/h3-34H,1-2H3. The van der Waals surface area contributed by atoms with Gasteiger partial charge < -0.3 is 9.80 Å². The molecule has 10 aromatic rings. The molecule has 0 N–H and O–H groups in total. The molecule has 2 aromatic heterocycles. The number of anilines is 6. The van der Waals surface area contributed by atoms with Gasteiger partial charge >= 0.3 is 0 Å². The molecule has 1 aliphatic carbocycles. The van der Waals surface area contributed by atoms with Crippen molar-refractivity contribution in [3.05, 3.63) is 206 Å². The third-order valence-electron chi connectivity index (χ3n) is 11.9. The van der Waals surface area contributed by atoms with E-state index in [0.29, 0.717) is 0 Å². The Kier molecular flexibility index (Phi) is 7.48. The summed E-state index contributed by atoms with van der Waals surface area (Å²) in [6, 6.07) is 61.5. The molecule has 4 heteroatoms. The summed E-state index contributed by atoms with van der Waals surface area (Å²) in [5, 5.41) is 9.05. The molecule has 0 unspecified atom stereocenters. The topological polar surface area (TPSA) is 32.3 Å². The van der Waals surface area contributed by atoms with E-state index in [1.54, 1.807) is 0 Å². The number of aromatic nitrogens is 2. The molecule has 0 saturated heterocycles. The molecule has 270 valence electrons. The lowest BCUT2D eigenvalue weighted by atomic mass is 9.81. The van der Waals surface area contributed by atoms with Crippen molar-refractivity contribution in [2.75, 3.05) is 9.80 Å². The van der Waals surface area contributed by atoms with Crippen LogP contribution in [0.4, 0.5) is 34.1 Å². The first-order chi connectivity index (χ1) is 28.1. The Morgan fingerprint density at radius 2 is 0.807 bits per heavy atom. The van der Waals surface area contributed by atoms with Crippen molar-refractivity contribution < 1.29 is 0 Å². The molecule has 0 aliphatic heterocycles. The monoisotopic (exact) mass is 730 g/mol. The van der Waals surface area contributed by atoms with Crippen molar-refractivity contribution >= 4 is 77.2 Å². The van der Waals surface area contributed by atoms with Crippen LogP contribution in [0.1, 0.15) is 25.0 Å². The van der Waals surface area contributed by atoms with Crippen LogP contribution in [-0.4, -0.2) is 9.97 Å². The van der Waals surface area contributed by atoms with E-state index in [1.165, 1.54) is 22.3 Å². The van der Waals surface area contributed by atoms with Gasteiger partial charge in [0.15, 0.2) is 0 Å². The van der Waals surface area contributed by atoms with Crippen molar-refractivity contribution in [1.82, 2.24) is 9.97 Å². The Balaban J connectivity index is 1.35. The molecule has 4 nitrogen and oxygen atoms in total. The number of hydrogen-bond donors (Lipinski definition) is 0. The zero-order chi connectivity index (χ0) is 38.1. The van der Waals surface area contributed by atoms with Gasteiger partial charge in [0, 0.05) is 72.3 Å². The first-order valence-electron chi connectivity index (χ1n) is 19.6. The minimum atomic E-state index is -0.208.